The van der Waals surface area contributed by atoms with Crippen LogP contribution in [-0.2, 0) is 13.1 Å². The highest BCUT2D eigenvalue weighted by Crippen LogP contribution is 2.22. The van der Waals surface area contributed by atoms with Gasteiger partial charge in [0.15, 0.2) is 5.11 Å². The van der Waals surface area contributed by atoms with Gasteiger partial charge in [-0.15, -0.1) is 0 Å². The molecule has 0 saturated heterocycles. The molecule has 2 aromatic rings. The van der Waals surface area contributed by atoms with Gasteiger partial charge in [0.05, 0.1) is 17.2 Å². The van der Waals surface area contributed by atoms with Crippen LogP contribution in [0.3, 0.4) is 0 Å². The third-order valence-electron chi connectivity index (χ3n) is 3.02. The van der Waals surface area contributed by atoms with Gasteiger partial charge < -0.3 is 15.4 Å². The number of methoxy groups -OCH3 is 1. The van der Waals surface area contributed by atoms with Crippen LogP contribution >= 0.6 is 35.4 Å². The molecule has 2 rings (SSSR count). The molecule has 116 valence electrons. The Morgan fingerprint density at radius 3 is 2.32 bits per heavy atom. The van der Waals surface area contributed by atoms with Crippen LogP contribution in [0.4, 0.5) is 0 Å². The minimum absolute atomic E-state index is 0.538. The summed E-state index contributed by atoms with van der Waals surface area (Å²) in [6.07, 6.45) is 0. The van der Waals surface area contributed by atoms with Crippen LogP contribution in [0.2, 0.25) is 10.0 Å². The SMILES string of the molecule is COc1cccc(CNC(=S)NCc2ccc(Cl)c(Cl)c2)c1. The minimum atomic E-state index is 0.538. The summed E-state index contributed by atoms with van der Waals surface area (Å²) >= 11 is 17.1. The van der Waals surface area contributed by atoms with Crippen LogP contribution in [-0.4, -0.2) is 12.2 Å². The Balaban J connectivity index is 1.81. The van der Waals surface area contributed by atoms with Crippen LogP contribution < -0.4 is 15.4 Å². The van der Waals surface area contributed by atoms with Crippen molar-refractivity contribution in [2.24, 2.45) is 0 Å². The number of ether oxygens (including phenoxy) is 1. The van der Waals surface area contributed by atoms with Crippen molar-refractivity contribution >= 4 is 40.5 Å². The molecule has 0 spiro atoms. The zero-order valence-corrected chi connectivity index (χ0v) is 14.4. The Kier molecular flexibility index (Phi) is 6.31. The molecule has 22 heavy (non-hydrogen) atoms. The van der Waals surface area contributed by atoms with Gasteiger partial charge in [0.2, 0.25) is 0 Å². The summed E-state index contributed by atoms with van der Waals surface area (Å²) in [4.78, 5) is 0. The van der Waals surface area contributed by atoms with E-state index < -0.39 is 0 Å². The molecule has 0 unspecified atom stereocenters. The summed E-state index contributed by atoms with van der Waals surface area (Å²) in [6, 6.07) is 13.3. The lowest BCUT2D eigenvalue weighted by molar-refractivity contribution is 0.414. The smallest absolute Gasteiger partial charge is 0.166 e. The van der Waals surface area contributed by atoms with Crippen molar-refractivity contribution in [2.75, 3.05) is 7.11 Å². The van der Waals surface area contributed by atoms with Gasteiger partial charge in [-0.1, -0.05) is 41.4 Å². The molecule has 0 bridgehead atoms. The summed E-state index contributed by atoms with van der Waals surface area (Å²) in [7, 11) is 1.65. The van der Waals surface area contributed by atoms with Crippen molar-refractivity contribution in [3.8, 4) is 5.75 Å². The predicted molar refractivity (Wildman–Crippen MR) is 95.7 cm³/mol. The first-order valence-corrected chi connectivity index (χ1v) is 7.83. The van der Waals surface area contributed by atoms with Gasteiger partial charge in [0.1, 0.15) is 5.75 Å². The second-order valence-corrected chi connectivity index (χ2v) is 5.86. The molecule has 0 heterocycles. The Labute approximate surface area is 145 Å². The highest BCUT2D eigenvalue weighted by Gasteiger charge is 2.01. The molecule has 2 N–H and O–H groups in total. The van der Waals surface area contributed by atoms with Gasteiger partial charge in [-0.05, 0) is 47.6 Å². The number of benzene rings is 2. The van der Waals surface area contributed by atoms with E-state index >= 15 is 0 Å². The first-order chi connectivity index (χ1) is 10.6. The van der Waals surface area contributed by atoms with Crippen molar-refractivity contribution in [2.45, 2.75) is 13.1 Å². The second kappa shape index (κ2) is 8.22. The van der Waals surface area contributed by atoms with Gasteiger partial charge in [-0.25, -0.2) is 0 Å². The van der Waals surface area contributed by atoms with Gasteiger partial charge in [0.25, 0.3) is 0 Å². The van der Waals surface area contributed by atoms with Crippen LogP contribution in [0.5, 0.6) is 5.75 Å². The first-order valence-electron chi connectivity index (χ1n) is 6.67. The van der Waals surface area contributed by atoms with Gasteiger partial charge in [-0.2, -0.15) is 0 Å². The number of hydrogen-bond acceptors (Lipinski definition) is 2. The number of hydrogen-bond donors (Lipinski definition) is 2. The highest BCUT2D eigenvalue weighted by molar-refractivity contribution is 7.80. The maximum absolute atomic E-state index is 5.98. The first kappa shape index (κ1) is 16.9. The number of thiocarbonyl (C=S) groups is 1. The maximum Gasteiger partial charge on any atom is 0.166 e. The fourth-order valence-corrected chi connectivity index (χ4v) is 2.32. The second-order valence-electron chi connectivity index (χ2n) is 4.64. The van der Waals surface area contributed by atoms with E-state index in [2.05, 4.69) is 10.6 Å². The summed E-state index contributed by atoms with van der Waals surface area (Å²) in [5.74, 6) is 0.828. The molecular formula is C16H16Cl2N2OS. The lowest BCUT2D eigenvalue weighted by Crippen LogP contribution is -2.34. The molecule has 0 aliphatic heterocycles. The van der Waals surface area contributed by atoms with E-state index in [-0.39, 0.29) is 0 Å². The molecule has 3 nitrogen and oxygen atoms in total. The molecule has 2 aromatic carbocycles. The Bertz CT molecular complexity index is 664. The zero-order chi connectivity index (χ0) is 15.9. The average molecular weight is 355 g/mol. The fraction of sp³-hybridized carbons (Fsp3) is 0.188. The Morgan fingerprint density at radius 2 is 1.68 bits per heavy atom. The monoisotopic (exact) mass is 354 g/mol. The van der Waals surface area contributed by atoms with E-state index in [0.717, 1.165) is 16.9 Å². The maximum atomic E-state index is 5.98. The third-order valence-corrected chi connectivity index (χ3v) is 4.05. The molecule has 0 saturated carbocycles. The lowest BCUT2D eigenvalue weighted by Gasteiger charge is -2.11. The summed E-state index contributed by atoms with van der Waals surface area (Å²) in [5.41, 5.74) is 2.11. The normalized spacial score (nSPS) is 10.1. The molecule has 0 aliphatic rings. The molecule has 0 radical (unpaired) electrons. The Morgan fingerprint density at radius 1 is 1.00 bits per heavy atom. The van der Waals surface area contributed by atoms with E-state index in [0.29, 0.717) is 28.2 Å². The standard InChI is InChI=1S/C16H16Cl2N2OS/c1-21-13-4-2-3-11(7-13)9-19-16(22)20-10-12-5-6-14(17)15(18)8-12/h2-8H,9-10H2,1H3,(H2,19,20,22). The van der Waals surface area contributed by atoms with Crippen LogP contribution in [0, 0.1) is 0 Å². The molecular weight excluding hydrogens is 339 g/mol. The van der Waals surface area contributed by atoms with Gasteiger partial charge >= 0.3 is 0 Å². The third kappa shape index (κ3) is 5.05. The number of nitrogens with one attached hydrogen (secondary N) is 2. The van der Waals surface area contributed by atoms with Gasteiger partial charge in [-0.3, -0.25) is 0 Å². The van der Waals surface area contributed by atoms with Crippen LogP contribution in [0.15, 0.2) is 42.5 Å². The fourth-order valence-electron chi connectivity index (χ4n) is 1.86. The van der Waals surface area contributed by atoms with Crippen molar-refractivity contribution in [1.29, 1.82) is 0 Å². The summed E-state index contributed by atoms with van der Waals surface area (Å²) < 4.78 is 5.19. The van der Waals surface area contributed by atoms with Crippen molar-refractivity contribution in [3.05, 3.63) is 63.6 Å². The highest BCUT2D eigenvalue weighted by atomic mass is 35.5. The predicted octanol–water partition coefficient (Wildman–Crippen LogP) is 4.17. The lowest BCUT2D eigenvalue weighted by atomic mass is 10.2. The summed E-state index contributed by atoms with van der Waals surface area (Å²) in [5, 5.41) is 7.95. The van der Waals surface area contributed by atoms with E-state index in [4.69, 9.17) is 40.2 Å². The van der Waals surface area contributed by atoms with Gasteiger partial charge in [0, 0.05) is 13.1 Å². The molecule has 0 amide bonds. The molecule has 0 fully saturated rings. The molecule has 0 aliphatic carbocycles. The zero-order valence-electron chi connectivity index (χ0n) is 12.0. The van der Waals surface area contributed by atoms with Crippen molar-refractivity contribution in [3.63, 3.8) is 0 Å². The molecule has 6 heteroatoms. The van der Waals surface area contributed by atoms with Crippen molar-refractivity contribution in [1.82, 2.24) is 10.6 Å². The van der Waals surface area contributed by atoms with Crippen LogP contribution in [0.1, 0.15) is 11.1 Å². The summed E-state index contributed by atoms with van der Waals surface area (Å²) in [6.45, 7) is 1.21. The topological polar surface area (TPSA) is 33.3 Å². The van der Waals surface area contributed by atoms with Crippen LogP contribution in [0.25, 0.3) is 0 Å². The van der Waals surface area contributed by atoms with Crippen molar-refractivity contribution < 1.29 is 4.74 Å². The van der Waals surface area contributed by atoms with E-state index in [1.54, 1.807) is 13.2 Å². The van der Waals surface area contributed by atoms with E-state index in [1.165, 1.54) is 0 Å². The largest absolute Gasteiger partial charge is 0.497 e. The van der Waals surface area contributed by atoms with E-state index in [1.807, 2.05) is 36.4 Å². The minimum Gasteiger partial charge on any atom is -0.497 e. The number of rotatable bonds is 5. The quantitative estimate of drug-likeness (QED) is 0.789. The number of halogens is 2. The average Bonchev–Trinajstić information content (AvgIpc) is 2.54. The molecule has 0 aromatic heterocycles. The Hall–Kier alpha value is -1.49. The van der Waals surface area contributed by atoms with E-state index in [9.17, 15) is 0 Å². The molecule has 0 atom stereocenters.